The van der Waals surface area contributed by atoms with Gasteiger partial charge in [0.1, 0.15) is 34.0 Å². The standard InChI is InChI=1S/C17H20F5NO4.C10H11F4NO2.C7H11FO3.ClH/c1-16(25,17(22)5-6-17)8-13(24)23-12(9-26-14(18)19)10-3-2-4-11(7-10)27-15(20)21;11-9(12)16-5-8(15)6-2-1-3-7(4-6)17-10(13)14;1-6(11,4-5(9)10)7(8)2-3-7;/h2-4,7,12,14-15,25H,5-6,8-9H2,1H3,(H,23,24);1-4,8-10H,5,15H2;11H,2-4H2,1H3,(H,9,10);1H/t12-,16?;8-;;/m00../s1. The average molecular weight is 849 g/mol. The molecule has 0 heterocycles. The van der Waals surface area contributed by atoms with Crippen molar-refractivity contribution in [3.63, 3.8) is 0 Å². The van der Waals surface area contributed by atoms with E-state index >= 15 is 0 Å². The first-order valence-corrected chi connectivity index (χ1v) is 16.4. The molecule has 2 aliphatic rings. The first-order valence-electron chi connectivity index (χ1n) is 16.4. The summed E-state index contributed by atoms with van der Waals surface area (Å²) in [5.41, 5.74) is -1.02. The van der Waals surface area contributed by atoms with Gasteiger partial charge in [0.05, 0.1) is 38.1 Å². The monoisotopic (exact) mass is 848 g/mol. The van der Waals surface area contributed by atoms with Crippen LogP contribution in [0.15, 0.2) is 48.5 Å². The second-order valence-electron chi connectivity index (χ2n) is 13.0. The number of nitrogens with one attached hydrogen (secondary N) is 1. The largest absolute Gasteiger partial charge is 0.481 e. The number of carboxylic acids is 1. The highest BCUT2D eigenvalue weighted by Gasteiger charge is 2.59. The maximum absolute atomic E-state index is 14.1. The van der Waals surface area contributed by atoms with Gasteiger partial charge in [0, 0.05) is 0 Å². The number of hydrogen-bond donors (Lipinski definition) is 5. The number of carbonyl (C=O) groups excluding carboxylic acids is 1. The van der Waals surface area contributed by atoms with E-state index in [2.05, 4.69) is 24.3 Å². The van der Waals surface area contributed by atoms with Gasteiger partial charge in [-0.05, 0) is 74.9 Å². The summed E-state index contributed by atoms with van der Waals surface area (Å²) in [6, 6.07) is 8.66. The molecule has 1 amide bonds. The average Bonchev–Trinajstić information content (AvgIpc) is 3.99. The predicted molar refractivity (Wildman–Crippen MR) is 179 cm³/mol. The Balaban J connectivity index is 0.000000461. The molecule has 22 heteroatoms. The zero-order valence-corrected chi connectivity index (χ0v) is 30.6. The Morgan fingerprint density at radius 1 is 0.732 bits per heavy atom. The van der Waals surface area contributed by atoms with Gasteiger partial charge in [0.2, 0.25) is 5.91 Å². The second-order valence-corrected chi connectivity index (χ2v) is 13.0. The van der Waals surface area contributed by atoms with E-state index in [-0.39, 0.29) is 55.2 Å². The van der Waals surface area contributed by atoms with Crippen molar-refractivity contribution in [3.05, 3.63) is 59.7 Å². The zero-order chi connectivity index (χ0) is 41.8. The minimum atomic E-state index is -3.12. The lowest BCUT2D eigenvalue weighted by Crippen LogP contribution is -2.44. The number of benzene rings is 2. The number of aliphatic hydroxyl groups is 2. The topological polar surface area (TPSA) is 170 Å². The minimum absolute atomic E-state index is 0. The van der Waals surface area contributed by atoms with Crippen LogP contribution in [0.3, 0.4) is 0 Å². The van der Waals surface area contributed by atoms with E-state index in [9.17, 15) is 63.7 Å². The number of ether oxygens (including phenoxy) is 4. The third kappa shape index (κ3) is 17.2. The maximum Gasteiger partial charge on any atom is 0.387 e. The molecule has 0 aromatic heterocycles. The molecule has 2 unspecified atom stereocenters. The number of carbonyl (C=O) groups is 2. The van der Waals surface area contributed by atoms with Crippen molar-refractivity contribution >= 4 is 24.3 Å². The number of amides is 1. The van der Waals surface area contributed by atoms with Crippen molar-refractivity contribution in [3.8, 4) is 11.5 Å². The molecular weight excluding hydrogens is 806 g/mol. The van der Waals surface area contributed by atoms with Crippen LogP contribution in [-0.2, 0) is 19.1 Å². The van der Waals surface area contributed by atoms with Gasteiger partial charge in [0.25, 0.3) is 0 Å². The Hall–Kier alpha value is -3.63. The molecule has 0 bridgehead atoms. The van der Waals surface area contributed by atoms with Crippen molar-refractivity contribution < 1.29 is 87.8 Å². The number of hydrogen-bond acceptors (Lipinski definition) is 9. The van der Waals surface area contributed by atoms with Gasteiger partial charge in [-0.3, -0.25) is 9.59 Å². The summed E-state index contributed by atoms with van der Waals surface area (Å²) < 4.78 is 141. The molecule has 2 aromatic carbocycles. The summed E-state index contributed by atoms with van der Waals surface area (Å²) in [6.45, 7) is -10.7. The van der Waals surface area contributed by atoms with Gasteiger partial charge in [-0.1, -0.05) is 24.3 Å². The first-order chi connectivity index (χ1) is 25.4. The SMILES string of the molecule is CC(O)(CC(=O)N[C@@H](COC(F)F)c1cccc(OC(F)F)c1)C1(F)CC1.CC(O)(CC(=O)O)C1(F)CC1.Cl.N[C@@H](COC(F)F)c1cccc(OC(F)F)c1. The summed E-state index contributed by atoms with van der Waals surface area (Å²) in [5, 5.41) is 30.1. The summed E-state index contributed by atoms with van der Waals surface area (Å²) in [5.74, 6) is -2.28. The molecule has 4 atom stereocenters. The molecular formula is C34H43ClF10N2O9. The Kier molecular flexibility index (Phi) is 19.6. The van der Waals surface area contributed by atoms with Gasteiger partial charge >= 0.3 is 32.4 Å². The van der Waals surface area contributed by atoms with Crippen LogP contribution in [0, 0.1) is 0 Å². The molecule has 2 aliphatic carbocycles. The van der Waals surface area contributed by atoms with Gasteiger partial charge in [-0.15, -0.1) is 12.4 Å². The summed E-state index contributed by atoms with van der Waals surface area (Å²) in [6.07, 6.45) is -0.331. The fourth-order valence-corrected chi connectivity index (χ4v) is 4.96. The summed E-state index contributed by atoms with van der Waals surface area (Å²) in [4.78, 5) is 22.4. The quantitative estimate of drug-likeness (QED) is 0.0930. The van der Waals surface area contributed by atoms with E-state index in [1.807, 2.05) is 0 Å². The van der Waals surface area contributed by atoms with Crippen LogP contribution in [0.2, 0.25) is 0 Å². The molecule has 0 spiro atoms. The number of aliphatic carboxylic acids is 1. The normalized spacial score (nSPS) is 18.1. The third-order valence-electron chi connectivity index (χ3n) is 8.43. The molecule has 4 rings (SSSR count). The van der Waals surface area contributed by atoms with E-state index in [1.165, 1.54) is 56.3 Å². The van der Waals surface area contributed by atoms with Crippen LogP contribution in [0.5, 0.6) is 11.5 Å². The van der Waals surface area contributed by atoms with Crippen LogP contribution in [0.25, 0.3) is 0 Å². The number of halogens is 11. The Labute approximate surface area is 320 Å². The lowest BCUT2D eigenvalue weighted by molar-refractivity contribution is -0.146. The van der Waals surface area contributed by atoms with Crippen molar-refractivity contribution in [1.82, 2.24) is 5.32 Å². The lowest BCUT2D eigenvalue weighted by Gasteiger charge is -2.28. The van der Waals surface area contributed by atoms with Gasteiger partial charge in [-0.2, -0.15) is 35.1 Å². The summed E-state index contributed by atoms with van der Waals surface area (Å²) >= 11 is 0. The molecule has 2 aromatic rings. The molecule has 56 heavy (non-hydrogen) atoms. The number of nitrogens with two attached hydrogens (primary N) is 1. The van der Waals surface area contributed by atoms with E-state index in [0.717, 1.165) is 6.07 Å². The fourth-order valence-electron chi connectivity index (χ4n) is 4.96. The number of alkyl halides is 10. The highest BCUT2D eigenvalue weighted by molar-refractivity contribution is 5.85. The number of rotatable bonds is 19. The molecule has 11 nitrogen and oxygen atoms in total. The van der Waals surface area contributed by atoms with E-state index in [4.69, 9.17) is 10.8 Å². The zero-order valence-electron chi connectivity index (χ0n) is 29.8. The van der Waals surface area contributed by atoms with Crippen LogP contribution < -0.4 is 20.5 Å². The maximum atomic E-state index is 14.1. The van der Waals surface area contributed by atoms with Crippen LogP contribution in [0.4, 0.5) is 43.9 Å². The smallest absolute Gasteiger partial charge is 0.387 e. The molecule has 2 fully saturated rings. The van der Waals surface area contributed by atoms with Gasteiger partial charge < -0.3 is 45.3 Å². The fraction of sp³-hybridized carbons (Fsp3) is 0.588. The van der Waals surface area contributed by atoms with Crippen LogP contribution >= 0.6 is 12.4 Å². The van der Waals surface area contributed by atoms with Crippen molar-refractivity contribution in [2.24, 2.45) is 5.73 Å². The lowest BCUT2D eigenvalue weighted by atomic mass is 9.93. The van der Waals surface area contributed by atoms with Gasteiger partial charge in [-0.25, -0.2) is 8.78 Å². The molecule has 320 valence electrons. The number of carboxylic acid groups (broad SMARTS) is 1. The van der Waals surface area contributed by atoms with Crippen molar-refractivity contribution in [2.75, 3.05) is 13.2 Å². The molecule has 0 saturated heterocycles. The predicted octanol–water partition coefficient (Wildman–Crippen LogP) is 6.99. The molecule has 6 N–H and O–H groups in total. The Bertz CT molecular complexity index is 1520. The van der Waals surface area contributed by atoms with E-state index < -0.39 is 99.0 Å². The van der Waals surface area contributed by atoms with Crippen LogP contribution in [-0.4, -0.2) is 89.4 Å². The van der Waals surface area contributed by atoms with Gasteiger partial charge in [0.15, 0.2) is 0 Å². The summed E-state index contributed by atoms with van der Waals surface area (Å²) in [7, 11) is 0. The van der Waals surface area contributed by atoms with E-state index in [0.29, 0.717) is 5.56 Å². The van der Waals surface area contributed by atoms with Crippen molar-refractivity contribution in [1.29, 1.82) is 0 Å². The Morgan fingerprint density at radius 3 is 1.55 bits per heavy atom. The molecule has 0 aliphatic heterocycles. The first kappa shape index (κ1) is 50.4. The third-order valence-corrected chi connectivity index (χ3v) is 8.43. The molecule has 0 radical (unpaired) electrons. The Morgan fingerprint density at radius 2 is 1.14 bits per heavy atom. The second kappa shape index (κ2) is 21.8. The minimum Gasteiger partial charge on any atom is -0.481 e. The van der Waals surface area contributed by atoms with Crippen molar-refractivity contribution in [2.45, 2.75) is 113 Å². The van der Waals surface area contributed by atoms with Crippen LogP contribution in [0.1, 0.15) is 75.6 Å². The highest BCUT2D eigenvalue weighted by Crippen LogP contribution is 2.50. The highest BCUT2D eigenvalue weighted by atomic mass is 35.5. The molecule has 2 saturated carbocycles. The van der Waals surface area contributed by atoms with E-state index in [1.54, 1.807) is 0 Å².